The normalized spacial score (nSPS) is 25.4. The number of fused-ring (bicyclic) bond motifs is 5. The number of hydrogen-bond donors (Lipinski definition) is 3. The molecule has 1 unspecified atom stereocenters. The van der Waals surface area contributed by atoms with Crippen molar-refractivity contribution in [2.45, 2.75) is 75.1 Å². The number of benzene rings is 3. The summed E-state index contributed by atoms with van der Waals surface area (Å²) in [6, 6.07) is 24.4. The minimum absolute atomic E-state index is 0.0120. The molecule has 8 rings (SSSR count). The quantitative estimate of drug-likeness (QED) is 0.127. The molecule has 3 aromatic carbocycles. The highest BCUT2D eigenvalue weighted by molar-refractivity contribution is 7.48. The van der Waals surface area contributed by atoms with Gasteiger partial charge >= 0.3 is 19.2 Å². The molecular weight excluding hydrogens is 827 g/mol. The topological polar surface area (TPSA) is 221 Å². The van der Waals surface area contributed by atoms with Crippen LogP contribution in [0.4, 0.5) is 0 Å². The van der Waals surface area contributed by atoms with Gasteiger partial charge in [-0.2, -0.15) is 0 Å². The minimum Gasteiger partial charge on any atom is -0.497 e. The maximum Gasteiger partial charge on any atom is 0.475 e. The summed E-state index contributed by atoms with van der Waals surface area (Å²) in [5, 5.41) is 10.9. The van der Waals surface area contributed by atoms with E-state index in [1.165, 1.54) is 21.5 Å². The number of rotatable bonds is 11. The van der Waals surface area contributed by atoms with E-state index in [0.29, 0.717) is 11.5 Å². The molecule has 3 N–H and O–H groups in total. The van der Waals surface area contributed by atoms with Crippen molar-refractivity contribution in [2.75, 3.05) is 34.0 Å². The third kappa shape index (κ3) is 8.78. The minimum atomic E-state index is -4.58. The summed E-state index contributed by atoms with van der Waals surface area (Å²) in [5.74, 6) is 1.25. The first-order valence-corrected chi connectivity index (χ1v) is 21.6. The van der Waals surface area contributed by atoms with Gasteiger partial charge in [0.15, 0.2) is 0 Å². The van der Waals surface area contributed by atoms with Crippen molar-refractivity contribution in [1.82, 2.24) is 19.1 Å². The van der Waals surface area contributed by atoms with Crippen LogP contribution in [0.5, 0.6) is 11.5 Å². The van der Waals surface area contributed by atoms with Crippen LogP contribution in [0.3, 0.4) is 0 Å². The Morgan fingerprint density at radius 2 is 1.37 bits per heavy atom. The molecule has 19 heteroatoms. The second-order valence-electron chi connectivity index (χ2n) is 15.2. The molecule has 5 heterocycles. The number of aliphatic hydroxyl groups is 1. The lowest BCUT2D eigenvalue weighted by atomic mass is 9.80. The predicted molar refractivity (Wildman–Crippen MR) is 221 cm³/mol. The van der Waals surface area contributed by atoms with E-state index in [4.69, 9.17) is 37.3 Å². The molecule has 0 spiro atoms. The van der Waals surface area contributed by atoms with Crippen LogP contribution in [0.25, 0.3) is 0 Å². The molecule has 0 saturated carbocycles. The van der Waals surface area contributed by atoms with Gasteiger partial charge in [0.2, 0.25) is 0 Å². The highest BCUT2D eigenvalue weighted by Crippen LogP contribution is 2.54. The summed E-state index contributed by atoms with van der Waals surface area (Å²) in [6.45, 7) is 0.678. The second kappa shape index (κ2) is 18.1. The number of hydrogen-bond acceptors (Lipinski definition) is 14. The fourth-order valence-electron chi connectivity index (χ4n) is 8.04. The number of aliphatic hydroxyl groups excluding tert-OH is 1. The van der Waals surface area contributed by atoms with E-state index in [9.17, 15) is 28.8 Å². The largest absolute Gasteiger partial charge is 0.497 e. The highest BCUT2D eigenvalue weighted by atomic mass is 31.2. The van der Waals surface area contributed by atoms with Crippen LogP contribution in [0.1, 0.15) is 59.5 Å². The molecule has 7 atom stereocenters. The van der Waals surface area contributed by atoms with Gasteiger partial charge < -0.3 is 28.8 Å². The van der Waals surface area contributed by atoms with E-state index in [1.54, 1.807) is 21.1 Å². The van der Waals surface area contributed by atoms with Crippen LogP contribution < -0.4 is 32.0 Å². The van der Waals surface area contributed by atoms with Crippen molar-refractivity contribution in [2.24, 2.45) is 0 Å². The predicted octanol–water partition coefficient (Wildman–Crippen LogP) is 3.83. The zero-order valence-electron chi connectivity index (χ0n) is 34.2. The average Bonchev–Trinajstić information content (AvgIpc) is 3.86. The number of aromatic nitrogens is 4. The zero-order valence-corrected chi connectivity index (χ0v) is 35.1. The number of aryl methyl sites for hydroxylation is 2. The standard InChI is InChI=1S/C43H47N4O14P/c1-26-22-46(41(51)44-39(26)49)38-21-34(61-62(53)57-19-7-8-27-23-47(42(52)45-40(27)50)37-20-33(48)35(59-37)25-58-62)36(60-38)24-56-43(28-9-5-4-6-10-28,29-11-15-31(54-2)16-12-29)30-13-17-32(55-3)18-14-30/h4-6,9-18,22-23,33-38,48H,7-8,19-21,24-25H2,1-3H3,(H,44,49,51)(H,45,50,52)/t33-,34-,35+,36+,37+,38+,62?/m0/s1. The van der Waals surface area contributed by atoms with Gasteiger partial charge in [-0.1, -0.05) is 54.6 Å². The molecule has 328 valence electrons. The van der Waals surface area contributed by atoms with Crippen molar-refractivity contribution < 1.29 is 46.9 Å². The van der Waals surface area contributed by atoms with E-state index < -0.39 is 79.4 Å². The molecule has 3 aliphatic heterocycles. The molecule has 18 nitrogen and oxygen atoms in total. The number of phosphoric ester groups is 1. The molecule has 0 amide bonds. The lowest BCUT2D eigenvalue weighted by Crippen LogP contribution is -2.38. The number of H-pyrrole nitrogens is 2. The maximum absolute atomic E-state index is 14.8. The molecule has 0 radical (unpaired) electrons. The van der Waals surface area contributed by atoms with Gasteiger partial charge in [0.25, 0.3) is 11.1 Å². The zero-order chi connectivity index (χ0) is 43.6. The van der Waals surface area contributed by atoms with Gasteiger partial charge in [-0.05, 0) is 60.7 Å². The van der Waals surface area contributed by atoms with Gasteiger partial charge in [-0.25, -0.2) is 14.2 Å². The van der Waals surface area contributed by atoms with Gasteiger partial charge in [-0.3, -0.25) is 42.3 Å². The molecule has 4 bridgehead atoms. The first-order valence-electron chi connectivity index (χ1n) is 20.1. The Morgan fingerprint density at radius 1 is 0.774 bits per heavy atom. The molecule has 2 saturated heterocycles. The Balaban J connectivity index is 1.16. The molecule has 0 aliphatic carbocycles. The first-order chi connectivity index (χ1) is 29.9. The van der Waals surface area contributed by atoms with Gasteiger partial charge in [0, 0.05) is 36.4 Å². The summed E-state index contributed by atoms with van der Waals surface area (Å²) in [5.41, 5.74) is -1.17. The summed E-state index contributed by atoms with van der Waals surface area (Å²) in [6.07, 6.45) is -3.35. The maximum atomic E-state index is 14.8. The molecule has 3 aliphatic rings. The summed E-state index contributed by atoms with van der Waals surface area (Å²) < 4.78 is 66.0. The van der Waals surface area contributed by atoms with Crippen LogP contribution in [0, 0.1) is 6.92 Å². The van der Waals surface area contributed by atoms with Crippen molar-refractivity contribution in [3.05, 3.63) is 161 Å². The molecule has 2 aromatic heterocycles. The Morgan fingerprint density at radius 3 is 2.02 bits per heavy atom. The summed E-state index contributed by atoms with van der Waals surface area (Å²) >= 11 is 0. The van der Waals surface area contributed by atoms with Crippen LogP contribution >= 0.6 is 7.82 Å². The van der Waals surface area contributed by atoms with Crippen LogP contribution in [0.15, 0.2) is 110 Å². The third-order valence-corrected chi connectivity index (χ3v) is 12.8. The second-order valence-corrected chi connectivity index (χ2v) is 16.9. The fourth-order valence-corrected chi connectivity index (χ4v) is 9.47. The average molecular weight is 875 g/mol. The highest BCUT2D eigenvalue weighted by Gasteiger charge is 2.47. The number of aromatic amines is 2. The third-order valence-electron chi connectivity index (χ3n) is 11.3. The monoisotopic (exact) mass is 874 g/mol. The molecular formula is C43H47N4O14P. The van der Waals surface area contributed by atoms with Gasteiger partial charge in [0.1, 0.15) is 47.9 Å². The number of ether oxygens (including phenoxy) is 5. The SMILES string of the molecule is COc1ccc(C(OC[C@H]2O[C@@H](n3cc(C)c(=O)[nH]c3=O)C[C@@H]2OP2(=O)OCCCc3cn(c(=O)[nH]c3=O)[C@H]3C[C@H](O)[C@@H](CO2)O3)(c2ccccc2)c2ccc(OC)cc2)cc1. The summed E-state index contributed by atoms with van der Waals surface area (Å²) in [7, 11) is -1.43. The lowest BCUT2D eigenvalue weighted by molar-refractivity contribution is -0.0960. The van der Waals surface area contributed by atoms with Gasteiger partial charge in [0.05, 0.1) is 40.1 Å². The van der Waals surface area contributed by atoms with Crippen molar-refractivity contribution in [1.29, 1.82) is 0 Å². The van der Waals surface area contributed by atoms with Crippen molar-refractivity contribution in [3.63, 3.8) is 0 Å². The van der Waals surface area contributed by atoms with Crippen LogP contribution in [-0.2, 0) is 44.4 Å². The Bertz CT molecular complexity index is 2600. The van der Waals surface area contributed by atoms with E-state index in [-0.39, 0.29) is 50.0 Å². The Kier molecular flexibility index (Phi) is 12.6. The lowest BCUT2D eigenvalue weighted by Gasteiger charge is -2.37. The van der Waals surface area contributed by atoms with E-state index in [0.717, 1.165) is 16.7 Å². The number of nitrogens with one attached hydrogen (secondary N) is 2. The molecule has 62 heavy (non-hydrogen) atoms. The smallest absolute Gasteiger partial charge is 0.475 e. The number of phosphoric acid groups is 1. The van der Waals surface area contributed by atoms with Crippen molar-refractivity contribution >= 4 is 7.82 Å². The van der Waals surface area contributed by atoms with Gasteiger partial charge in [-0.15, -0.1) is 0 Å². The van der Waals surface area contributed by atoms with E-state index in [2.05, 4.69) is 9.97 Å². The fraction of sp³-hybridized carbons (Fsp3) is 0.395. The van der Waals surface area contributed by atoms with Crippen LogP contribution in [-0.4, -0.2) is 82.7 Å². The number of nitrogens with zero attached hydrogens (tertiary/aromatic N) is 2. The molecule has 5 aromatic rings. The van der Waals surface area contributed by atoms with E-state index in [1.807, 2.05) is 78.9 Å². The number of methoxy groups -OCH3 is 2. The first kappa shape index (κ1) is 43.2. The van der Waals surface area contributed by atoms with Crippen molar-refractivity contribution in [3.8, 4) is 11.5 Å². The van der Waals surface area contributed by atoms with Crippen LogP contribution in [0.2, 0.25) is 0 Å². The Hall–Kier alpha value is -5.43. The Labute approximate surface area is 354 Å². The summed E-state index contributed by atoms with van der Waals surface area (Å²) in [4.78, 5) is 55.6. The van der Waals surface area contributed by atoms with E-state index >= 15 is 0 Å². The molecule has 2 fully saturated rings.